The van der Waals surface area contributed by atoms with E-state index in [-0.39, 0.29) is 12.2 Å². The molecule has 0 aliphatic carbocycles. The van der Waals surface area contributed by atoms with Gasteiger partial charge in [-0.3, -0.25) is 9.36 Å². The number of hydrogen-bond donors (Lipinski definition) is 0. The topological polar surface area (TPSA) is 88.4 Å². The first-order chi connectivity index (χ1) is 18.4. The van der Waals surface area contributed by atoms with Gasteiger partial charge in [0.2, 0.25) is 0 Å². The van der Waals surface area contributed by atoms with Gasteiger partial charge in [0.1, 0.15) is 12.4 Å². The summed E-state index contributed by atoms with van der Waals surface area (Å²) in [6.07, 6.45) is 3.45. The summed E-state index contributed by atoms with van der Waals surface area (Å²) < 4.78 is 24.1. The first kappa shape index (κ1) is 26.9. The van der Waals surface area contributed by atoms with E-state index in [1.165, 1.54) is 11.3 Å². The number of esters is 1. The summed E-state index contributed by atoms with van der Waals surface area (Å²) in [5.74, 6) is 1.36. The lowest BCUT2D eigenvalue weighted by atomic mass is 9.96. The molecule has 4 rings (SSSR count). The smallest absolute Gasteiger partial charge is 0.338 e. The van der Waals surface area contributed by atoms with Crippen LogP contribution in [0.3, 0.4) is 0 Å². The lowest BCUT2D eigenvalue weighted by molar-refractivity contribution is -0.139. The number of fused-ring (bicyclic) bond motifs is 1. The van der Waals surface area contributed by atoms with Crippen molar-refractivity contribution in [2.75, 3.05) is 26.9 Å². The van der Waals surface area contributed by atoms with E-state index in [0.717, 1.165) is 11.1 Å². The second kappa shape index (κ2) is 12.0. The van der Waals surface area contributed by atoms with Crippen LogP contribution in [0.4, 0.5) is 0 Å². The molecule has 1 atom stereocenters. The molecule has 1 aromatic heterocycles. The van der Waals surface area contributed by atoms with Crippen LogP contribution >= 0.6 is 11.3 Å². The van der Waals surface area contributed by atoms with Crippen molar-refractivity contribution in [3.63, 3.8) is 0 Å². The molecule has 8 nitrogen and oxygen atoms in total. The Labute approximate surface area is 224 Å². The molecule has 9 heteroatoms. The predicted octanol–water partition coefficient (Wildman–Crippen LogP) is 3.77. The molecule has 0 fully saturated rings. The van der Waals surface area contributed by atoms with Gasteiger partial charge < -0.3 is 18.9 Å². The molecule has 198 valence electrons. The van der Waals surface area contributed by atoms with Crippen LogP contribution in [-0.4, -0.2) is 37.5 Å². The van der Waals surface area contributed by atoms with Crippen LogP contribution in [-0.2, 0) is 9.53 Å². The van der Waals surface area contributed by atoms with Gasteiger partial charge in [-0.05, 0) is 62.2 Å². The Morgan fingerprint density at radius 1 is 1.11 bits per heavy atom. The Bertz CT molecular complexity index is 1550. The van der Waals surface area contributed by atoms with E-state index < -0.39 is 12.0 Å². The average Bonchev–Trinajstić information content (AvgIpc) is 3.21. The predicted molar refractivity (Wildman–Crippen MR) is 147 cm³/mol. The Kier molecular flexibility index (Phi) is 8.48. The molecular formula is C29H30N2O6S. The first-order valence-electron chi connectivity index (χ1n) is 12.3. The summed E-state index contributed by atoms with van der Waals surface area (Å²) in [4.78, 5) is 32.0. The number of carbonyl (C=O) groups is 1. The number of benzene rings is 2. The summed E-state index contributed by atoms with van der Waals surface area (Å²) >= 11 is 1.26. The Balaban J connectivity index is 1.86. The zero-order valence-corrected chi connectivity index (χ0v) is 22.7. The minimum absolute atomic E-state index is 0.209. The monoisotopic (exact) mass is 534 g/mol. The number of hydrogen-bond acceptors (Lipinski definition) is 8. The Morgan fingerprint density at radius 3 is 2.53 bits per heavy atom. The second-order valence-electron chi connectivity index (χ2n) is 8.31. The SMILES string of the molecule is C=CCOc1ccc([C@@H]2C(C(=O)OCC)=C(C)N=c3s/c(=C\c4ccc(OC)c(OCC)c4)c(=O)n32)cc1. The first-order valence-corrected chi connectivity index (χ1v) is 13.1. The number of methoxy groups -OCH3 is 1. The molecule has 0 saturated heterocycles. The van der Waals surface area contributed by atoms with Gasteiger partial charge in [0.05, 0.1) is 42.2 Å². The second-order valence-corrected chi connectivity index (χ2v) is 9.32. The van der Waals surface area contributed by atoms with E-state index in [1.807, 2.05) is 31.2 Å². The Morgan fingerprint density at radius 2 is 1.87 bits per heavy atom. The highest BCUT2D eigenvalue weighted by atomic mass is 32.1. The molecule has 0 amide bonds. The molecule has 0 spiro atoms. The van der Waals surface area contributed by atoms with Crippen molar-refractivity contribution in [2.45, 2.75) is 26.8 Å². The van der Waals surface area contributed by atoms with Crippen molar-refractivity contribution in [1.29, 1.82) is 0 Å². The van der Waals surface area contributed by atoms with Crippen molar-refractivity contribution in [3.05, 3.63) is 97.2 Å². The van der Waals surface area contributed by atoms with Gasteiger partial charge in [-0.2, -0.15) is 0 Å². The molecular weight excluding hydrogens is 504 g/mol. The largest absolute Gasteiger partial charge is 0.493 e. The number of rotatable bonds is 10. The molecule has 38 heavy (non-hydrogen) atoms. The molecule has 0 bridgehead atoms. The number of thiazole rings is 1. The maximum Gasteiger partial charge on any atom is 0.338 e. The standard InChI is InChI=1S/C29H30N2O6S/c1-6-15-37-21-12-10-20(11-13-21)26-25(28(33)36-8-3)18(4)30-29-31(26)27(32)24(38-29)17-19-9-14-22(34-5)23(16-19)35-7-2/h6,9-14,16-17,26H,1,7-8,15H2,2-5H3/b24-17-/t26-/m1/s1. The third-order valence-electron chi connectivity index (χ3n) is 5.87. The average molecular weight is 535 g/mol. The number of carbonyl (C=O) groups excluding carboxylic acids is 1. The summed E-state index contributed by atoms with van der Waals surface area (Å²) in [7, 11) is 1.58. The van der Waals surface area contributed by atoms with E-state index in [1.54, 1.807) is 55.9 Å². The molecule has 1 aliphatic rings. The lowest BCUT2D eigenvalue weighted by Crippen LogP contribution is -2.39. The highest BCUT2D eigenvalue weighted by Crippen LogP contribution is 2.32. The van der Waals surface area contributed by atoms with Gasteiger partial charge in [0, 0.05) is 0 Å². The van der Waals surface area contributed by atoms with Crippen molar-refractivity contribution >= 4 is 23.4 Å². The zero-order valence-electron chi connectivity index (χ0n) is 21.9. The fourth-order valence-electron chi connectivity index (χ4n) is 4.21. The van der Waals surface area contributed by atoms with E-state index in [0.29, 0.717) is 51.1 Å². The van der Waals surface area contributed by atoms with Gasteiger partial charge in [-0.25, -0.2) is 9.79 Å². The van der Waals surface area contributed by atoms with Crippen LogP contribution in [0.15, 0.2) is 76.2 Å². The number of aromatic nitrogens is 1. The molecule has 3 aromatic rings. The third kappa shape index (κ3) is 5.43. The van der Waals surface area contributed by atoms with E-state index in [4.69, 9.17) is 18.9 Å². The van der Waals surface area contributed by atoms with E-state index in [9.17, 15) is 9.59 Å². The number of ether oxygens (including phenoxy) is 4. The van der Waals surface area contributed by atoms with Crippen LogP contribution < -0.4 is 29.1 Å². The summed E-state index contributed by atoms with van der Waals surface area (Å²) in [6, 6.07) is 12.1. The van der Waals surface area contributed by atoms with Crippen LogP contribution in [0, 0.1) is 0 Å². The fourth-order valence-corrected chi connectivity index (χ4v) is 5.26. The van der Waals surface area contributed by atoms with Gasteiger partial charge in [0.15, 0.2) is 16.3 Å². The number of allylic oxidation sites excluding steroid dienone is 1. The van der Waals surface area contributed by atoms with Gasteiger partial charge >= 0.3 is 5.97 Å². The van der Waals surface area contributed by atoms with Crippen molar-refractivity contribution in [2.24, 2.45) is 4.99 Å². The molecule has 0 radical (unpaired) electrons. The van der Waals surface area contributed by atoms with Crippen LogP contribution in [0.2, 0.25) is 0 Å². The molecule has 2 heterocycles. The van der Waals surface area contributed by atoms with E-state index >= 15 is 0 Å². The molecule has 1 aliphatic heterocycles. The van der Waals surface area contributed by atoms with Crippen molar-refractivity contribution in [1.82, 2.24) is 4.57 Å². The molecule has 0 saturated carbocycles. The van der Waals surface area contributed by atoms with E-state index in [2.05, 4.69) is 11.6 Å². The summed E-state index contributed by atoms with van der Waals surface area (Å²) in [5, 5.41) is 0. The van der Waals surface area contributed by atoms with Crippen LogP contribution in [0.5, 0.6) is 17.2 Å². The lowest BCUT2D eigenvalue weighted by Gasteiger charge is -2.24. The molecule has 0 unspecified atom stereocenters. The maximum atomic E-state index is 13.8. The molecule has 2 aromatic carbocycles. The highest BCUT2D eigenvalue weighted by molar-refractivity contribution is 7.07. The normalized spacial score (nSPS) is 14.9. The van der Waals surface area contributed by atoms with Crippen LogP contribution in [0.25, 0.3) is 6.08 Å². The molecule has 0 N–H and O–H groups in total. The zero-order chi connectivity index (χ0) is 27.2. The third-order valence-corrected chi connectivity index (χ3v) is 6.85. The van der Waals surface area contributed by atoms with Gasteiger partial charge in [-0.1, -0.05) is 42.2 Å². The highest BCUT2D eigenvalue weighted by Gasteiger charge is 2.33. The fraction of sp³-hybridized carbons (Fsp3) is 0.276. The minimum Gasteiger partial charge on any atom is -0.493 e. The van der Waals surface area contributed by atoms with Crippen LogP contribution in [0.1, 0.15) is 37.9 Å². The Hall–Kier alpha value is -4.11. The number of nitrogens with zero attached hydrogens (tertiary/aromatic N) is 2. The van der Waals surface area contributed by atoms with Gasteiger partial charge in [-0.15, -0.1) is 0 Å². The summed E-state index contributed by atoms with van der Waals surface area (Å²) in [5.41, 5.74) is 2.10. The van der Waals surface area contributed by atoms with Crippen molar-refractivity contribution < 1.29 is 23.7 Å². The minimum atomic E-state index is -0.698. The van der Waals surface area contributed by atoms with Crippen molar-refractivity contribution in [3.8, 4) is 17.2 Å². The maximum absolute atomic E-state index is 13.8. The quantitative estimate of drug-likeness (QED) is 0.291. The van der Waals surface area contributed by atoms with Gasteiger partial charge in [0.25, 0.3) is 5.56 Å². The summed E-state index contributed by atoms with van der Waals surface area (Å²) in [6.45, 7) is 10.1.